The van der Waals surface area contributed by atoms with Crippen LogP contribution in [0, 0.1) is 17.1 Å². The van der Waals surface area contributed by atoms with E-state index in [2.05, 4.69) is 17.4 Å². The Kier molecular flexibility index (Phi) is 8.33. The van der Waals surface area contributed by atoms with Crippen molar-refractivity contribution in [3.8, 4) is 22.9 Å². The van der Waals surface area contributed by atoms with Gasteiger partial charge in [0.2, 0.25) is 0 Å². The van der Waals surface area contributed by atoms with Crippen molar-refractivity contribution in [2.75, 3.05) is 20.2 Å². The van der Waals surface area contributed by atoms with Gasteiger partial charge in [-0.25, -0.2) is 9.18 Å². The van der Waals surface area contributed by atoms with Crippen LogP contribution in [0.15, 0.2) is 66.7 Å². The first-order chi connectivity index (χ1) is 18.2. The molecule has 3 aromatic carbocycles. The van der Waals surface area contributed by atoms with Gasteiger partial charge in [0.1, 0.15) is 17.2 Å². The second kappa shape index (κ2) is 11.7. The lowest BCUT2D eigenvalue weighted by molar-refractivity contribution is 0.0175. The van der Waals surface area contributed by atoms with Crippen LogP contribution < -0.4 is 10.1 Å². The molecule has 3 aromatic rings. The van der Waals surface area contributed by atoms with E-state index in [0.29, 0.717) is 36.5 Å². The average Bonchev–Trinajstić information content (AvgIpc) is 2.91. The highest BCUT2D eigenvalue weighted by Crippen LogP contribution is 2.32. The number of carbonyl (C=O) groups is 1. The Morgan fingerprint density at radius 2 is 1.89 bits per heavy atom. The van der Waals surface area contributed by atoms with Gasteiger partial charge in [0.15, 0.2) is 0 Å². The number of amides is 1. The van der Waals surface area contributed by atoms with Crippen LogP contribution in [0.25, 0.3) is 11.1 Å². The lowest BCUT2D eigenvalue weighted by Gasteiger charge is -2.40. The molecule has 2 atom stereocenters. The minimum absolute atomic E-state index is 0.0719. The molecule has 1 amide bonds. The van der Waals surface area contributed by atoms with E-state index in [-0.39, 0.29) is 23.6 Å². The molecule has 7 heteroatoms. The van der Waals surface area contributed by atoms with Crippen molar-refractivity contribution in [2.45, 2.75) is 51.3 Å². The largest absolute Gasteiger partial charge is 0.496 e. The molecule has 1 saturated heterocycles. The zero-order valence-corrected chi connectivity index (χ0v) is 22.3. The van der Waals surface area contributed by atoms with Crippen LogP contribution in [0.5, 0.6) is 5.75 Å². The first-order valence-electron chi connectivity index (χ1n) is 12.8. The smallest absolute Gasteiger partial charge is 0.410 e. The van der Waals surface area contributed by atoms with Crippen molar-refractivity contribution in [3.05, 3.63) is 89.2 Å². The van der Waals surface area contributed by atoms with E-state index in [1.54, 1.807) is 24.1 Å². The lowest BCUT2D eigenvalue weighted by atomic mass is 9.86. The SMILES string of the molecule is COc1ccc(-c2ccc(C#N)cc2F)cc1CN[C@H]1CCN(C(=O)OC(C)(C)C)C[C@H]1c1ccccc1. The van der Waals surface area contributed by atoms with Crippen molar-refractivity contribution in [1.82, 2.24) is 10.2 Å². The summed E-state index contributed by atoms with van der Waals surface area (Å²) in [5.74, 6) is 0.340. The average molecular weight is 516 g/mol. The Morgan fingerprint density at radius 3 is 2.55 bits per heavy atom. The highest BCUT2D eigenvalue weighted by molar-refractivity contribution is 5.69. The summed E-state index contributed by atoms with van der Waals surface area (Å²) in [6, 6.07) is 22.3. The number of hydrogen-bond acceptors (Lipinski definition) is 5. The van der Waals surface area contributed by atoms with Gasteiger partial charge >= 0.3 is 6.09 Å². The van der Waals surface area contributed by atoms with Crippen LogP contribution >= 0.6 is 0 Å². The van der Waals surface area contributed by atoms with Crippen molar-refractivity contribution in [3.63, 3.8) is 0 Å². The maximum atomic E-state index is 14.7. The number of nitriles is 1. The van der Waals surface area contributed by atoms with E-state index >= 15 is 0 Å². The lowest BCUT2D eigenvalue weighted by Crippen LogP contribution is -2.50. The predicted octanol–water partition coefficient (Wildman–Crippen LogP) is 6.26. The van der Waals surface area contributed by atoms with Crippen LogP contribution in [0.4, 0.5) is 9.18 Å². The molecule has 198 valence electrons. The van der Waals surface area contributed by atoms with E-state index in [1.807, 2.05) is 63.2 Å². The maximum Gasteiger partial charge on any atom is 0.410 e. The van der Waals surface area contributed by atoms with Gasteiger partial charge in [-0.3, -0.25) is 0 Å². The number of rotatable bonds is 6. The molecule has 0 bridgehead atoms. The van der Waals surface area contributed by atoms with Crippen molar-refractivity contribution in [2.24, 2.45) is 0 Å². The number of methoxy groups -OCH3 is 1. The molecule has 0 radical (unpaired) electrons. The zero-order chi connectivity index (χ0) is 27.3. The highest BCUT2D eigenvalue weighted by atomic mass is 19.1. The number of carbonyl (C=O) groups excluding carboxylic acids is 1. The Balaban J connectivity index is 1.55. The number of nitrogens with one attached hydrogen (secondary N) is 1. The number of piperidine rings is 1. The molecule has 0 aromatic heterocycles. The van der Waals surface area contributed by atoms with Gasteiger partial charge in [-0.15, -0.1) is 0 Å². The van der Waals surface area contributed by atoms with Crippen LogP contribution in [-0.2, 0) is 11.3 Å². The molecule has 1 aliphatic heterocycles. The second-order valence-corrected chi connectivity index (χ2v) is 10.6. The fraction of sp³-hybridized carbons (Fsp3) is 0.355. The van der Waals surface area contributed by atoms with Crippen LogP contribution in [-0.4, -0.2) is 42.8 Å². The second-order valence-electron chi connectivity index (χ2n) is 10.6. The van der Waals surface area contributed by atoms with Crippen molar-refractivity contribution >= 4 is 6.09 Å². The van der Waals surface area contributed by atoms with Crippen LogP contribution in [0.1, 0.15) is 49.8 Å². The maximum absolute atomic E-state index is 14.7. The van der Waals surface area contributed by atoms with Gasteiger partial charge in [-0.1, -0.05) is 42.5 Å². The summed E-state index contributed by atoms with van der Waals surface area (Å²) in [5, 5.41) is 12.7. The molecule has 1 fully saturated rings. The molecule has 0 spiro atoms. The molecular weight excluding hydrogens is 481 g/mol. The van der Waals surface area contributed by atoms with Gasteiger partial charge in [0.05, 0.1) is 18.7 Å². The number of hydrogen-bond donors (Lipinski definition) is 1. The van der Waals surface area contributed by atoms with Crippen molar-refractivity contribution in [1.29, 1.82) is 5.26 Å². The fourth-order valence-corrected chi connectivity index (χ4v) is 4.87. The Labute approximate surface area is 224 Å². The molecular formula is C31H34FN3O3. The Bertz CT molecular complexity index is 1310. The molecule has 1 N–H and O–H groups in total. The summed E-state index contributed by atoms with van der Waals surface area (Å²) in [7, 11) is 1.62. The summed E-state index contributed by atoms with van der Waals surface area (Å²) in [4.78, 5) is 14.6. The third-order valence-corrected chi connectivity index (χ3v) is 6.74. The summed E-state index contributed by atoms with van der Waals surface area (Å²) >= 11 is 0. The summed E-state index contributed by atoms with van der Waals surface area (Å²) < 4.78 is 26.0. The standard InChI is InChI=1S/C31H34FN3O3/c1-31(2,3)38-30(36)35-15-14-28(26(20-35)22-8-6-5-7-9-22)34-19-24-17-23(11-13-29(24)37-4)25-12-10-21(18-33)16-27(25)32/h5-13,16-17,26,28,34H,14-15,19-20H2,1-4H3/t26-,28-/m0/s1. The minimum Gasteiger partial charge on any atom is -0.496 e. The minimum atomic E-state index is -0.551. The van der Waals surface area contributed by atoms with E-state index < -0.39 is 11.4 Å². The molecule has 0 aliphatic carbocycles. The first kappa shape index (κ1) is 27.2. The molecule has 1 aliphatic rings. The number of halogens is 1. The monoisotopic (exact) mass is 515 g/mol. The third-order valence-electron chi connectivity index (χ3n) is 6.74. The summed E-state index contributed by atoms with van der Waals surface area (Å²) in [5.41, 5.74) is 2.93. The highest BCUT2D eigenvalue weighted by Gasteiger charge is 2.34. The van der Waals surface area contributed by atoms with Gasteiger partial charge < -0.3 is 19.7 Å². The number of likely N-dealkylation sites (tertiary alicyclic amines) is 1. The Morgan fingerprint density at radius 1 is 1.13 bits per heavy atom. The number of nitrogens with zero attached hydrogens (tertiary/aromatic N) is 2. The summed E-state index contributed by atoms with van der Waals surface area (Å²) in [6.07, 6.45) is 0.459. The molecule has 6 nitrogen and oxygen atoms in total. The quantitative estimate of drug-likeness (QED) is 0.420. The van der Waals surface area contributed by atoms with E-state index in [0.717, 1.165) is 17.5 Å². The fourth-order valence-electron chi connectivity index (χ4n) is 4.87. The van der Waals surface area contributed by atoms with Crippen LogP contribution in [0.3, 0.4) is 0 Å². The van der Waals surface area contributed by atoms with Gasteiger partial charge in [0.25, 0.3) is 0 Å². The molecule has 38 heavy (non-hydrogen) atoms. The third kappa shape index (κ3) is 6.51. The van der Waals surface area contributed by atoms with Gasteiger partial charge in [-0.05, 0) is 62.6 Å². The first-order valence-corrected chi connectivity index (χ1v) is 12.8. The number of benzene rings is 3. The number of ether oxygens (including phenoxy) is 2. The zero-order valence-electron chi connectivity index (χ0n) is 22.3. The normalized spacial score (nSPS) is 17.5. The van der Waals surface area contributed by atoms with E-state index in [9.17, 15) is 9.18 Å². The van der Waals surface area contributed by atoms with Gasteiger partial charge in [0, 0.05) is 42.7 Å². The van der Waals surface area contributed by atoms with Crippen molar-refractivity contribution < 1.29 is 18.7 Å². The molecule has 0 saturated carbocycles. The van der Waals surface area contributed by atoms with Crippen LogP contribution in [0.2, 0.25) is 0 Å². The molecule has 4 rings (SSSR count). The predicted molar refractivity (Wildman–Crippen MR) is 145 cm³/mol. The topological polar surface area (TPSA) is 74.6 Å². The van der Waals surface area contributed by atoms with E-state index in [1.165, 1.54) is 6.07 Å². The van der Waals surface area contributed by atoms with E-state index in [4.69, 9.17) is 14.7 Å². The molecule has 1 heterocycles. The summed E-state index contributed by atoms with van der Waals surface area (Å²) in [6.45, 7) is 7.26. The Hall–Kier alpha value is -3.89. The molecule has 0 unspecified atom stereocenters. The van der Waals surface area contributed by atoms with Gasteiger partial charge in [-0.2, -0.15) is 5.26 Å².